The third-order valence-electron chi connectivity index (χ3n) is 5.55. The zero-order valence-corrected chi connectivity index (χ0v) is 18.6. The molecule has 0 spiro atoms. The number of hydrogen-bond donors (Lipinski definition) is 0. The summed E-state index contributed by atoms with van der Waals surface area (Å²) >= 11 is 0. The molecule has 1 unspecified atom stereocenters. The number of ether oxygens (including phenoxy) is 1. The van der Waals surface area contributed by atoms with Gasteiger partial charge in [0.2, 0.25) is 5.91 Å². The van der Waals surface area contributed by atoms with Gasteiger partial charge in [0, 0.05) is 50.0 Å². The highest BCUT2D eigenvalue weighted by Gasteiger charge is 2.27. The smallest absolute Gasteiger partial charge is 0.222 e. The summed E-state index contributed by atoms with van der Waals surface area (Å²) in [4.78, 5) is 28.2. The van der Waals surface area contributed by atoms with Gasteiger partial charge in [0.05, 0.1) is 6.61 Å². The first-order chi connectivity index (χ1) is 11.9. The summed E-state index contributed by atoms with van der Waals surface area (Å²) in [6.07, 6.45) is 2.65. The molecule has 154 valence electrons. The Morgan fingerprint density at radius 2 is 1.54 bits per heavy atom. The Kier molecular flexibility index (Phi) is 11.3. The molecule has 0 fully saturated rings. The monoisotopic (exact) mass is 370 g/mol. The van der Waals surface area contributed by atoms with E-state index < -0.39 is 0 Å². The maximum Gasteiger partial charge on any atom is 0.222 e. The largest absolute Gasteiger partial charge is 0.381 e. The first-order valence-electron chi connectivity index (χ1n) is 9.99. The summed E-state index contributed by atoms with van der Waals surface area (Å²) in [5.74, 6) is 0.484. The van der Waals surface area contributed by atoms with Crippen LogP contribution in [-0.4, -0.2) is 66.4 Å². The van der Waals surface area contributed by atoms with Crippen molar-refractivity contribution in [3.63, 3.8) is 0 Å². The van der Waals surface area contributed by atoms with Crippen LogP contribution in [-0.2, 0) is 14.3 Å². The van der Waals surface area contributed by atoms with Crippen LogP contribution in [0.5, 0.6) is 0 Å². The lowest BCUT2D eigenvalue weighted by Gasteiger charge is -2.39. The summed E-state index contributed by atoms with van der Waals surface area (Å²) in [5, 5.41) is 0. The van der Waals surface area contributed by atoms with Crippen LogP contribution >= 0.6 is 0 Å². The van der Waals surface area contributed by atoms with Crippen molar-refractivity contribution in [1.29, 1.82) is 0 Å². The second-order valence-corrected chi connectivity index (χ2v) is 8.64. The maximum atomic E-state index is 12.5. The lowest BCUT2D eigenvalue weighted by molar-refractivity contribution is -0.132. The van der Waals surface area contributed by atoms with Gasteiger partial charge >= 0.3 is 0 Å². The van der Waals surface area contributed by atoms with Gasteiger partial charge < -0.3 is 9.64 Å². The van der Waals surface area contributed by atoms with Crippen LogP contribution in [0.2, 0.25) is 0 Å². The molecule has 0 saturated heterocycles. The van der Waals surface area contributed by atoms with E-state index in [9.17, 15) is 9.59 Å². The van der Waals surface area contributed by atoms with E-state index >= 15 is 0 Å². The predicted octanol–water partition coefficient (Wildman–Crippen LogP) is 3.75. The van der Waals surface area contributed by atoms with Crippen LogP contribution in [0.4, 0.5) is 0 Å². The van der Waals surface area contributed by atoms with Gasteiger partial charge in [0.15, 0.2) is 0 Å². The molecule has 0 N–H and O–H groups in total. The van der Waals surface area contributed by atoms with E-state index in [1.807, 2.05) is 32.7 Å². The SMILES string of the molecule is CC(C)C(=O)CCOCCC(C)N(C)C(=O)CCC(C)(C)N(C)C(C)C. The van der Waals surface area contributed by atoms with Crippen LogP contribution in [0.1, 0.15) is 74.1 Å². The Morgan fingerprint density at radius 3 is 2.04 bits per heavy atom. The highest BCUT2D eigenvalue weighted by molar-refractivity contribution is 5.80. The molecule has 0 heterocycles. The van der Waals surface area contributed by atoms with Crippen LogP contribution in [0.25, 0.3) is 0 Å². The first kappa shape index (κ1) is 25.1. The van der Waals surface area contributed by atoms with Gasteiger partial charge in [-0.05, 0) is 54.5 Å². The third kappa shape index (κ3) is 9.13. The topological polar surface area (TPSA) is 49.9 Å². The standard InChI is InChI=1S/C21H42N2O3/c1-16(2)19(24)12-15-26-14-11-18(5)22(8)20(25)10-13-21(6,7)23(9)17(3)4/h16-18H,10-15H2,1-9H3. The third-order valence-corrected chi connectivity index (χ3v) is 5.55. The molecule has 0 aliphatic heterocycles. The molecule has 0 bridgehead atoms. The molecular weight excluding hydrogens is 328 g/mol. The Balaban J connectivity index is 4.17. The average molecular weight is 371 g/mol. The molecular formula is C21H42N2O3. The number of amides is 1. The molecule has 0 aromatic rings. The molecule has 0 radical (unpaired) electrons. The molecule has 0 saturated carbocycles. The molecule has 1 amide bonds. The van der Waals surface area contributed by atoms with E-state index in [-0.39, 0.29) is 29.2 Å². The van der Waals surface area contributed by atoms with Gasteiger partial charge in [-0.25, -0.2) is 0 Å². The molecule has 0 aromatic carbocycles. The second kappa shape index (κ2) is 11.7. The number of hydrogen-bond acceptors (Lipinski definition) is 4. The number of rotatable bonds is 13. The number of carbonyl (C=O) groups excluding carboxylic acids is 2. The average Bonchev–Trinajstić information content (AvgIpc) is 2.57. The minimum absolute atomic E-state index is 0.0000318. The molecule has 1 atom stereocenters. The molecule has 5 heteroatoms. The van der Waals surface area contributed by atoms with Crippen molar-refractivity contribution in [2.75, 3.05) is 27.3 Å². The summed E-state index contributed by atoms with van der Waals surface area (Å²) in [5.41, 5.74) is -0.0000318. The highest BCUT2D eigenvalue weighted by Crippen LogP contribution is 2.22. The fourth-order valence-electron chi connectivity index (χ4n) is 2.72. The van der Waals surface area contributed by atoms with Crippen LogP contribution in [0.3, 0.4) is 0 Å². The Labute approximate surface area is 161 Å². The van der Waals surface area contributed by atoms with Crippen molar-refractivity contribution in [2.45, 2.75) is 91.8 Å². The molecule has 26 heavy (non-hydrogen) atoms. The van der Waals surface area contributed by atoms with Gasteiger partial charge in [-0.3, -0.25) is 14.5 Å². The highest BCUT2D eigenvalue weighted by atomic mass is 16.5. The maximum absolute atomic E-state index is 12.5. The number of ketones is 1. The van der Waals surface area contributed by atoms with Gasteiger partial charge in [-0.2, -0.15) is 0 Å². The van der Waals surface area contributed by atoms with Crippen LogP contribution < -0.4 is 0 Å². The fourth-order valence-corrected chi connectivity index (χ4v) is 2.72. The van der Waals surface area contributed by atoms with E-state index in [1.165, 1.54) is 0 Å². The van der Waals surface area contributed by atoms with Crippen molar-refractivity contribution in [2.24, 2.45) is 5.92 Å². The zero-order valence-electron chi connectivity index (χ0n) is 18.6. The summed E-state index contributed by atoms with van der Waals surface area (Å²) in [6.45, 7) is 15.6. The Bertz CT molecular complexity index is 433. The van der Waals surface area contributed by atoms with E-state index in [2.05, 4.69) is 39.6 Å². The van der Waals surface area contributed by atoms with Crippen molar-refractivity contribution in [1.82, 2.24) is 9.80 Å². The molecule has 5 nitrogen and oxygen atoms in total. The zero-order chi connectivity index (χ0) is 20.5. The molecule has 0 aliphatic carbocycles. The first-order valence-corrected chi connectivity index (χ1v) is 9.99. The van der Waals surface area contributed by atoms with Crippen molar-refractivity contribution in [3.05, 3.63) is 0 Å². The minimum Gasteiger partial charge on any atom is -0.381 e. The fraction of sp³-hybridized carbons (Fsp3) is 0.905. The minimum atomic E-state index is -0.0000318. The number of carbonyl (C=O) groups is 2. The van der Waals surface area contributed by atoms with Gasteiger partial charge in [0.1, 0.15) is 5.78 Å². The van der Waals surface area contributed by atoms with E-state index in [1.54, 1.807) is 0 Å². The van der Waals surface area contributed by atoms with E-state index in [0.717, 1.165) is 12.8 Å². The van der Waals surface area contributed by atoms with Gasteiger partial charge in [-0.1, -0.05) is 13.8 Å². The van der Waals surface area contributed by atoms with Crippen molar-refractivity contribution in [3.8, 4) is 0 Å². The lowest BCUT2D eigenvalue weighted by atomic mass is 9.94. The quantitative estimate of drug-likeness (QED) is 0.463. The number of Topliss-reactive ketones (excluding diaryl/α,β-unsaturated/α-hetero) is 1. The van der Waals surface area contributed by atoms with Gasteiger partial charge in [-0.15, -0.1) is 0 Å². The summed E-state index contributed by atoms with van der Waals surface area (Å²) in [7, 11) is 3.98. The Morgan fingerprint density at radius 1 is 0.962 bits per heavy atom. The van der Waals surface area contributed by atoms with Gasteiger partial charge in [0.25, 0.3) is 0 Å². The molecule has 0 aliphatic rings. The Hall–Kier alpha value is -0.940. The number of nitrogens with zero attached hydrogens (tertiary/aromatic N) is 2. The van der Waals surface area contributed by atoms with Crippen LogP contribution in [0, 0.1) is 5.92 Å². The molecule has 0 rings (SSSR count). The van der Waals surface area contributed by atoms with E-state index in [4.69, 9.17) is 4.74 Å². The summed E-state index contributed by atoms with van der Waals surface area (Å²) < 4.78 is 5.56. The second-order valence-electron chi connectivity index (χ2n) is 8.64. The van der Waals surface area contributed by atoms with E-state index in [0.29, 0.717) is 32.1 Å². The van der Waals surface area contributed by atoms with Crippen molar-refractivity contribution >= 4 is 11.7 Å². The van der Waals surface area contributed by atoms with Crippen LogP contribution in [0.15, 0.2) is 0 Å². The predicted molar refractivity (Wildman–Crippen MR) is 108 cm³/mol. The summed E-state index contributed by atoms with van der Waals surface area (Å²) in [6, 6.07) is 0.589. The van der Waals surface area contributed by atoms with Crippen molar-refractivity contribution < 1.29 is 14.3 Å². The molecule has 0 aromatic heterocycles. The lowest BCUT2D eigenvalue weighted by Crippen LogP contribution is -2.46. The normalized spacial score (nSPS) is 13.5.